The van der Waals surface area contributed by atoms with Gasteiger partial charge in [-0.15, -0.1) is 11.3 Å². The second-order valence-corrected chi connectivity index (χ2v) is 12.1. The molecule has 2 aliphatic rings. The predicted octanol–water partition coefficient (Wildman–Crippen LogP) is 3.53. The van der Waals surface area contributed by atoms with E-state index in [1.807, 2.05) is 0 Å². The van der Waals surface area contributed by atoms with Crippen LogP contribution in [0, 0.1) is 5.92 Å². The number of anilines is 1. The van der Waals surface area contributed by atoms with E-state index in [-0.39, 0.29) is 32.5 Å². The molecule has 1 aromatic heterocycles. The summed E-state index contributed by atoms with van der Waals surface area (Å²) in [6, 6.07) is 10.6. The number of rotatable bonds is 5. The van der Waals surface area contributed by atoms with Crippen molar-refractivity contribution in [1.82, 2.24) is 10.3 Å². The molecule has 1 fully saturated rings. The molecule has 0 spiro atoms. The number of hydrogen-bond donors (Lipinski definition) is 3. The third-order valence-electron chi connectivity index (χ3n) is 6.58. The molecule has 5 rings (SSSR count). The summed E-state index contributed by atoms with van der Waals surface area (Å²) >= 11 is 1.59. The van der Waals surface area contributed by atoms with Gasteiger partial charge in [0.2, 0.25) is 9.84 Å². The first-order valence-corrected chi connectivity index (χ1v) is 13.9. The van der Waals surface area contributed by atoms with Gasteiger partial charge in [-0.25, -0.2) is 13.4 Å². The number of fused-ring (bicyclic) bond motifs is 2. The number of nitrogens with zero attached hydrogens (tertiary/aromatic N) is 1. The zero-order valence-corrected chi connectivity index (χ0v) is 20.6. The first-order valence-electron chi connectivity index (χ1n) is 11.6. The first kappa shape index (κ1) is 23.7. The first-order chi connectivity index (χ1) is 16.8. The Morgan fingerprint density at radius 1 is 1.11 bits per heavy atom. The minimum absolute atomic E-state index is 0.0388. The van der Waals surface area contributed by atoms with Crippen LogP contribution in [-0.4, -0.2) is 31.3 Å². The zero-order chi connectivity index (χ0) is 24.6. The molecule has 182 valence electrons. The Labute approximate surface area is 207 Å². The van der Waals surface area contributed by atoms with Gasteiger partial charge in [-0.05, 0) is 61.9 Å². The van der Waals surface area contributed by atoms with Gasteiger partial charge >= 0.3 is 0 Å². The lowest BCUT2D eigenvalue weighted by atomic mass is 9.85. The molecule has 1 saturated carbocycles. The van der Waals surface area contributed by atoms with Gasteiger partial charge in [0, 0.05) is 29.1 Å². The van der Waals surface area contributed by atoms with Crippen molar-refractivity contribution >= 4 is 38.7 Å². The number of nitrogens with two attached hydrogens (primary N) is 1. The fourth-order valence-corrected chi connectivity index (χ4v) is 7.20. The van der Waals surface area contributed by atoms with Crippen molar-refractivity contribution in [3.8, 4) is 0 Å². The van der Waals surface area contributed by atoms with Gasteiger partial charge in [0.05, 0.1) is 32.6 Å². The topological polar surface area (TPSA) is 131 Å². The highest BCUT2D eigenvalue weighted by atomic mass is 32.2. The number of aromatic nitrogens is 1. The normalized spacial score (nSPS) is 20.8. The lowest BCUT2D eigenvalue weighted by molar-refractivity contribution is 0.0949. The minimum atomic E-state index is -3.91. The smallest absolute Gasteiger partial charge is 0.257 e. The lowest BCUT2D eigenvalue weighted by Gasteiger charge is -2.25. The molecule has 2 heterocycles. The van der Waals surface area contributed by atoms with E-state index in [1.165, 1.54) is 30.3 Å². The third-order valence-corrected chi connectivity index (χ3v) is 9.47. The highest BCUT2D eigenvalue weighted by Crippen LogP contribution is 2.34. The highest BCUT2D eigenvalue weighted by molar-refractivity contribution is 7.91. The molecule has 0 atom stereocenters. The Bertz CT molecular complexity index is 1390. The maximum Gasteiger partial charge on any atom is 0.257 e. The number of nitrogens with one attached hydrogen (secondary N) is 2. The fourth-order valence-electron chi connectivity index (χ4n) is 4.63. The second kappa shape index (κ2) is 9.52. The molecule has 0 unspecified atom stereocenters. The van der Waals surface area contributed by atoms with Crippen LogP contribution in [-0.2, 0) is 22.8 Å². The van der Waals surface area contributed by atoms with Crippen molar-refractivity contribution in [2.24, 2.45) is 11.7 Å². The van der Waals surface area contributed by atoms with E-state index >= 15 is 0 Å². The van der Waals surface area contributed by atoms with Crippen LogP contribution < -0.4 is 16.4 Å². The summed E-state index contributed by atoms with van der Waals surface area (Å²) in [5.41, 5.74) is 6.41. The van der Waals surface area contributed by atoms with E-state index in [1.54, 1.807) is 29.7 Å². The molecule has 8 nitrogen and oxygen atoms in total. The third kappa shape index (κ3) is 4.86. The minimum Gasteiger partial charge on any atom is -0.347 e. The Morgan fingerprint density at radius 3 is 2.69 bits per heavy atom. The monoisotopic (exact) mass is 510 g/mol. The molecule has 0 bridgehead atoms. The fraction of sp³-hybridized carbons (Fsp3) is 0.320. The quantitative estimate of drug-likeness (QED) is 0.481. The number of benzene rings is 2. The van der Waals surface area contributed by atoms with Gasteiger partial charge < -0.3 is 16.4 Å². The average Bonchev–Trinajstić information content (AvgIpc) is 3.28. The molecular weight excluding hydrogens is 484 g/mol. The molecule has 0 saturated heterocycles. The Kier molecular flexibility index (Phi) is 6.43. The van der Waals surface area contributed by atoms with Gasteiger partial charge in [0.15, 0.2) is 0 Å². The van der Waals surface area contributed by atoms with Crippen LogP contribution in [0.3, 0.4) is 0 Å². The second-order valence-electron chi connectivity index (χ2n) is 9.05. The van der Waals surface area contributed by atoms with Gasteiger partial charge in [-0.2, -0.15) is 0 Å². The van der Waals surface area contributed by atoms with E-state index in [2.05, 4.69) is 15.6 Å². The summed E-state index contributed by atoms with van der Waals surface area (Å²) in [5.74, 6) is -0.282. The average molecular weight is 511 g/mol. The van der Waals surface area contributed by atoms with E-state index in [0.29, 0.717) is 18.5 Å². The van der Waals surface area contributed by atoms with E-state index in [9.17, 15) is 18.0 Å². The van der Waals surface area contributed by atoms with Crippen LogP contribution >= 0.6 is 11.3 Å². The molecule has 2 amide bonds. The van der Waals surface area contributed by atoms with E-state index < -0.39 is 15.7 Å². The number of carbonyl (C=O) groups is 2. The van der Waals surface area contributed by atoms with Crippen LogP contribution in [0.25, 0.3) is 0 Å². The molecule has 1 aliphatic carbocycles. The van der Waals surface area contributed by atoms with Crippen molar-refractivity contribution < 1.29 is 18.0 Å². The molecule has 1 aliphatic heterocycles. The maximum atomic E-state index is 13.1. The summed E-state index contributed by atoms with van der Waals surface area (Å²) in [6.45, 7) is 0.319. The number of sulfone groups is 1. The summed E-state index contributed by atoms with van der Waals surface area (Å²) < 4.78 is 26.2. The van der Waals surface area contributed by atoms with Gasteiger partial charge in [0.1, 0.15) is 0 Å². The Morgan fingerprint density at radius 2 is 1.89 bits per heavy atom. The van der Waals surface area contributed by atoms with Crippen LogP contribution in [0.2, 0.25) is 0 Å². The largest absolute Gasteiger partial charge is 0.347 e. The van der Waals surface area contributed by atoms with Gasteiger partial charge in [-0.3, -0.25) is 9.59 Å². The molecule has 2 aromatic carbocycles. The molecule has 0 radical (unpaired) electrons. The molecule has 4 N–H and O–H groups in total. The molecule has 3 aromatic rings. The van der Waals surface area contributed by atoms with Crippen LogP contribution in [0.1, 0.15) is 56.3 Å². The number of hydrogen-bond acceptors (Lipinski definition) is 7. The van der Waals surface area contributed by atoms with Crippen molar-refractivity contribution in [3.05, 3.63) is 69.7 Å². The lowest BCUT2D eigenvalue weighted by Crippen LogP contribution is -2.27. The zero-order valence-electron chi connectivity index (χ0n) is 19.0. The van der Waals surface area contributed by atoms with E-state index in [4.69, 9.17) is 5.73 Å². The van der Waals surface area contributed by atoms with Crippen molar-refractivity contribution in [1.29, 1.82) is 0 Å². The van der Waals surface area contributed by atoms with Crippen LogP contribution in [0.15, 0.2) is 58.5 Å². The predicted molar refractivity (Wildman–Crippen MR) is 133 cm³/mol. The maximum absolute atomic E-state index is 13.1. The molecule has 10 heteroatoms. The van der Waals surface area contributed by atoms with Crippen molar-refractivity contribution in [2.75, 3.05) is 5.32 Å². The summed E-state index contributed by atoms with van der Waals surface area (Å²) in [5, 5.41) is 6.56. The SMILES string of the molecule is NC1CCC(Cc2ncc(CNC(=O)c3ccc4c(c3)NC(=O)c3ccccc3S4(=O)=O)s2)CC1. The summed E-state index contributed by atoms with van der Waals surface area (Å²) in [6.07, 6.45) is 7.11. The van der Waals surface area contributed by atoms with E-state index in [0.717, 1.165) is 42.0 Å². The Balaban J connectivity index is 1.27. The number of amides is 2. The van der Waals surface area contributed by atoms with Crippen LogP contribution in [0.4, 0.5) is 5.69 Å². The van der Waals surface area contributed by atoms with Crippen molar-refractivity contribution in [2.45, 2.75) is 54.5 Å². The summed E-state index contributed by atoms with van der Waals surface area (Å²) in [4.78, 5) is 30.8. The Hall–Kier alpha value is -3.08. The van der Waals surface area contributed by atoms with Crippen LogP contribution in [0.5, 0.6) is 0 Å². The number of thiazole rings is 1. The molecule has 35 heavy (non-hydrogen) atoms. The molecular formula is C25H26N4O4S2. The summed E-state index contributed by atoms with van der Waals surface area (Å²) in [7, 11) is -3.91. The number of carbonyl (C=O) groups excluding carboxylic acids is 2. The highest BCUT2D eigenvalue weighted by Gasteiger charge is 2.31. The standard InChI is InChI=1S/C25H26N4O4S2/c26-17-8-5-15(6-9-17)11-23-27-13-18(34-23)14-28-24(30)16-7-10-22-20(12-16)29-25(31)19-3-1-2-4-21(19)35(22,32)33/h1-4,7,10,12-13,15,17H,5-6,8-9,11,14,26H2,(H,28,30)(H,29,31). The van der Waals surface area contributed by atoms with Gasteiger partial charge in [0.25, 0.3) is 11.8 Å². The van der Waals surface area contributed by atoms with Gasteiger partial charge in [-0.1, -0.05) is 12.1 Å². The van der Waals surface area contributed by atoms with Crippen molar-refractivity contribution in [3.63, 3.8) is 0 Å².